The van der Waals surface area contributed by atoms with Gasteiger partial charge in [0, 0.05) is 76.3 Å². The molecule has 0 radical (unpaired) electrons. The van der Waals surface area contributed by atoms with E-state index in [-0.39, 0.29) is 50.4 Å². The fourth-order valence-electron chi connectivity index (χ4n) is 6.56. The molecule has 9 aromatic rings. The van der Waals surface area contributed by atoms with Gasteiger partial charge in [0.25, 0.3) is 0 Å². The SMILES string of the molecule is [2H]c1cc2c(oc3c(-c4cc(C([2H])([2H])[2H])c(C([2H])([2H])C([2H])([2H])c5cc(C([2H])([2H])C([2H])([2H])c6ccc(-c7ccccc7)nc6)cc(C([2H])([2H])C([2H])([2H])c6ccc(-c7ccccc7)nc6)c5)cn4)cccc32)c(C([2H])([2H])[2H])c1C#N. The molecule has 0 atom stereocenters. The van der Waals surface area contributed by atoms with Gasteiger partial charge in [-0.2, -0.15) is 5.26 Å². The maximum absolute atomic E-state index is 9.83. The molecule has 0 fully saturated rings. The number of furan rings is 1. The van der Waals surface area contributed by atoms with E-state index in [1.54, 1.807) is 72.8 Å². The molecule has 5 nitrogen and oxygen atoms in total. The van der Waals surface area contributed by atoms with Gasteiger partial charge in [-0.3, -0.25) is 15.0 Å². The van der Waals surface area contributed by atoms with Crippen LogP contribution in [0.5, 0.6) is 0 Å². The monoisotopic (exact) mass is 783 g/mol. The van der Waals surface area contributed by atoms with Crippen LogP contribution in [-0.2, 0) is 38.2 Å². The lowest BCUT2D eigenvalue weighted by Gasteiger charge is -2.13. The first-order valence-corrected chi connectivity index (χ1v) is 18.5. The van der Waals surface area contributed by atoms with E-state index in [1.165, 1.54) is 42.5 Å². The summed E-state index contributed by atoms with van der Waals surface area (Å²) in [7, 11) is 0. The topological polar surface area (TPSA) is 75.6 Å². The van der Waals surface area contributed by atoms with E-state index in [0.29, 0.717) is 22.5 Å². The Kier molecular flexibility index (Phi) is 6.12. The number of aryl methyl sites for hydroxylation is 8. The Balaban J connectivity index is 1.19. The summed E-state index contributed by atoms with van der Waals surface area (Å²) < 4.78 is 178. The van der Waals surface area contributed by atoms with Gasteiger partial charge in [-0.05, 0) is 127 Å². The molecule has 4 heterocycles. The zero-order chi connectivity index (χ0) is 56.8. The van der Waals surface area contributed by atoms with E-state index in [1.807, 2.05) is 0 Å². The standard InChI is InChI=1S/C54H44N4O/c1-36-28-52(49-15-9-14-47-48-25-24-45(32-55)37(2)53(48)59-54(47)49)58-35-46(36)23-20-42-30-40(18-16-38-21-26-50(56-33-38)43-10-5-3-6-11-43)29-41(31-42)19-17-39-22-27-51(57-34-39)44-12-7-4-8-13-44/h3-15,21-22,24-31,33-35H,16-20,23H2,1-2H3/i1D3,2D3,16D2,17D2,18D2,19D2,20D2,23D2,24D. The second kappa shape index (κ2) is 16.7. The molecule has 0 bridgehead atoms. The molecule has 0 saturated heterocycles. The number of benzene rings is 5. The van der Waals surface area contributed by atoms with Crippen molar-refractivity contribution in [2.75, 3.05) is 0 Å². The summed E-state index contributed by atoms with van der Waals surface area (Å²) in [5, 5.41) is 10.3. The van der Waals surface area contributed by atoms with Crippen LogP contribution in [0.1, 0.15) is 76.1 Å². The lowest BCUT2D eigenvalue weighted by Crippen LogP contribution is -2.01. The van der Waals surface area contributed by atoms with Crippen molar-refractivity contribution in [2.24, 2.45) is 0 Å². The van der Waals surface area contributed by atoms with E-state index in [9.17, 15) is 21.7 Å². The van der Waals surface area contributed by atoms with Crippen molar-refractivity contribution in [2.45, 2.75) is 51.9 Å². The number of hydrogen-bond acceptors (Lipinski definition) is 5. The van der Waals surface area contributed by atoms with Crippen molar-refractivity contribution >= 4 is 21.9 Å². The second-order valence-corrected chi connectivity index (χ2v) is 13.4. The van der Waals surface area contributed by atoms with Crippen LogP contribution in [0.2, 0.25) is 0 Å². The summed E-state index contributed by atoms with van der Waals surface area (Å²) in [5.41, 5.74) is -3.46. The molecule has 0 saturated carbocycles. The minimum Gasteiger partial charge on any atom is -0.455 e. The van der Waals surface area contributed by atoms with Crippen LogP contribution in [0, 0.1) is 25.0 Å². The summed E-state index contributed by atoms with van der Waals surface area (Å²) in [4.78, 5) is 13.1. The minimum atomic E-state index is -3.48. The fraction of sp³-hybridized carbons (Fsp3) is 0.148. The van der Waals surface area contributed by atoms with Crippen molar-refractivity contribution in [3.63, 3.8) is 0 Å². The van der Waals surface area contributed by atoms with Gasteiger partial charge in [0.15, 0.2) is 0 Å². The van der Waals surface area contributed by atoms with Gasteiger partial charge in [-0.1, -0.05) is 103 Å². The maximum Gasteiger partial charge on any atom is 0.144 e. The lowest BCUT2D eigenvalue weighted by atomic mass is 9.94. The Morgan fingerprint density at radius 2 is 1.14 bits per heavy atom. The molecule has 5 heteroatoms. The van der Waals surface area contributed by atoms with Crippen molar-refractivity contribution in [1.29, 1.82) is 5.26 Å². The van der Waals surface area contributed by atoms with E-state index in [0.717, 1.165) is 42.9 Å². The highest BCUT2D eigenvalue weighted by Crippen LogP contribution is 2.37. The van der Waals surface area contributed by atoms with Crippen LogP contribution in [0.25, 0.3) is 55.7 Å². The van der Waals surface area contributed by atoms with Gasteiger partial charge in [0.05, 0.1) is 30.1 Å². The Morgan fingerprint density at radius 1 is 0.559 bits per heavy atom. The summed E-state index contributed by atoms with van der Waals surface area (Å²) in [5.74, 6) is 0. The summed E-state index contributed by atoms with van der Waals surface area (Å²) in [6, 6.07) is 34.0. The number of pyridine rings is 3. The smallest absolute Gasteiger partial charge is 0.144 e. The van der Waals surface area contributed by atoms with Crippen LogP contribution >= 0.6 is 0 Å². The zero-order valence-corrected chi connectivity index (χ0v) is 31.1. The number of fused-ring (bicyclic) bond motifs is 3. The third-order valence-electron chi connectivity index (χ3n) is 9.53. The molecule has 0 unspecified atom stereocenters. The van der Waals surface area contributed by atoms with Crippen molar-refractivity contribution in [3.05, 3.63) is 208 Å². The molecular formula is C54H44N4O. The predicted octanol–water partition coefficient (Wildman–Crippen LogP) is 12.6. The molecule has 286 valence electrons. The summed E-state index contributed by atoms with van der Waals surface area (Å²) in [6.45, 7) is -6.12. The number of aromatic nitrogens is 3. The molecule has 0 aliphatic carbocycles. The number of rotatable bonds is 12. The Bertz CT molecular complexity index is 3670. The first-order chi connectivity index (χ1) is 36.3. The average molecular weight is 784 g/mol. The molecule has 4 aromatic heterocycles. The van der Waals surface area contributed by atoms with Crippen molar-refractivity contribution in [3.8, 4) is 39.8 Å². The quantitative estimate of drug-likeness (QED) is 0.123. The van der Waals surface area contributed by atoms with Crippen LogP contribution in [0.4, 0.5) is 0 Å². The Labute approximate surface area is 372 Å². The number of nitriles is 1. The molecule has 0 N–H and O–H groups in total. The lowest BCUT2D eigenvalue weighted by molar-refractivity contribution is 0.666. The first kappa shape index (κ1) is 21.6. The van der Waals surface area contributed by atoms with Crippen LogP contribution in [-0.4, -0.2) is 15.0 Å². The molecule has 0 aliphatic heterocycles. The van der Waals surface area contributed by atoms with Crippen molar-refractivity contribution < 1.29 is 30.5 Å². The Hall–Kier alpha value is -7.16. The summed E-state index contributed by atoms with van der Waals surface area (Å²) >= 11 is 0. The molecule has 9 rings (SSSR count). The van der Waals surface area contributed by atoms with Crippen LogP contribution in [0.15, 0.2) is 163 Å². The molecule has 0 aliphatic rings. The van der Waals surface area contributed by atoms with Gasteiger partial charge in [-0.15, -0.1) is 0 Å². The Morgan fingerprint density at radius 3 is 1.69 bits per heavy atom. The molecule has 0 spiro atoms. The third-order valence-corrected chi connectivity index (χ3v) is 9.53. The van der Waals surface area contributed by atoms with Gasteiger partial charge in [0.1, 0.15) is 11.2 Å². The normalized spacial score (nSPS) is 17.9. The first-order valence-electron chi connectivity index (χ1n) is 28.0. The number of hydrogen-bond donors (Lipinski definition) is 0. The van der Waals surface area contributed by atoms with E-state index in [4.69, 9.17) is 14.0 Å². The zero-order valence-electron chi connectivity index (χ0n) is 50.1. The molecule has 0 amide bonds. The van der Waals surface area contributed by atoms with E-state index >= 15 is 0 Å². The van der Waals surface area contributed by atoms with Crippen LogP contribution < -0.4 is 0 Å². The average Bonchev–Trinajstić information content (AvgIpc) is 3.90. The highest BCUT2D eigenvalue weighted by Gasteiger charge is 2.17. The van der Waals surface area contributed by atoms with E-state index in [2.05, 4.69) is 15.0 Å². The van der Waals surface area contributed by atoms with Gasteiger partial charge >= 0.3 is 0 Å². The second-order valence-electron chi connectivity index (χ2n) is 13.4. The number of nitrogens with zero attached hydrogens (tertiary/aromatic N) is 4. The summed E-state index contributed by atoms with van der Waals surface area (Å²) in [6.07, 6.45) is -16.4. The highest BCUT2D eigenvalue weighted by atomic mass is 16.3. The highest BCUT2D eigenvalue weighted by molar-refractivity contribution is 6.10. The molecule has 5 aromatic carbocycles. The van der Waals surface area contributed by atoms with Gasteiger partial charge in [-0.25, -0.2) is 0 Å². The maximum atomic E-state index is 9.83. The third kappa shape index (κ3) is 8.17. The van der Waals surface area contributed by atoms with Gasteiger partial charge < -0.3 is 4.42 Å². The molecule has 59 heavy (non-hydrogen) atoms. The van der Waals surface area contributed by atoms with Crippen LogP contribution in [0.3, 0.4) is 0 Å². The predicted molar refractivity (Wildman–Crippen MR) is 239 cm³/mol. The molecular weight excluding hydrogens is 721 g/mol. The van der Waals surface area contributed by atoms with E-state index < -0.39 is 90.9 Å². The van der Waals surface area contributed by atoms with Crippen molar-refractivity contribution in [1.82, 2.24) is 15.0 Å². The minimum absolute atomic E-state index is 0.0268. The fourth-order valence-corrected chi connectivity index (χ4v) is 6.56. The largest absolute Gasteiger partial charge is 0.455 e. The van der Waals surface area contributed by atoms with Gasteiger partial charge in [0.2, 0.25) is 0 Å². The number of para-hydroxylation sites is 1.